The molecule has 2 aliphatic rings. The second kappa shape index (κ2) is 8.70. The van der Waals surface area contributed by atoms with Crippen LogP contribution in [0.5, 0.6) is 5.75 Å². The number of aliphatic hydroxyl groups excluding tert-OH is 1. The molecule has 0 aliphatic carbocycles. The van der Waals surface area contributed by atoms with Gasteiger partial charge in [-0.1, -0.05) is 6.92 Å². The Labute approximate surface area is 144 Å². The van der Waals surface area contributed by atoms with Crippen LogP contribution < -0.4 is 10.1 Å². The van der Waals surface area contributed by atoms with Gasteiger partial charge in [-0.05, 0) is 49.4 Å². The summed E-state index contributed by atoms with van der Waals surface area (Å²) < 4.78 is 11.2. The van der Waals surface area contributed by atoms with Gasteiger partial charge in [-0.25, -0.2) is 0 Å². The van der Waals surface area contributed by atoms with Crippen molar-refractivity contribution in [3.63, 3.8) is 0 Å². The van der Waals surface area contributed by atoms with Crippen molar-refractivity contribution in [3.05, 3.63) is 24.3 Å². The summed E-state index contributed by atoms with van der Waals surface area (Å²) in [7, 11) is 0. The Kier molecular flexibility index (Phi) is 6.35. The highest BCUT2D eigenvalue weighted by Gasteiger charge is 2.28. The van der Waals surface area contributed by atoms with Crippen molar-refractivity contribution >= 4 is 5.69 Å². The van der Waals surface area contributed by atoms with Crippen molar-refractivity contribution in [1.82, 2.24) is 4.90 Å². The molecule has 5 nitrogen and oxygen atoms in total. The Bertz CT molecular complexity index is 488. The standard InChI is InChI=1S/C19H30N2O3/c1-15-13-21(14-18-3-2-11-23-18)9-8-19(15)20-16-4-6-17(7-5-16)24-12-10-22/h4-7,15,18-20,22H,2-3,8-14H2,1H3. The molecule has 134 valence electrons. The highest BCUT2D eigenvalue weighted by atomic mass is 16.5. The van der Waals surface area contributed by atoms with Gasteiger partial charge >= 0.3 is 0 Å². The molecule has 3 atom stereocenters. The number of aliphatic hydroxyl groups is 1. The van der Waals surface area contributed by atoms with E-state index in [1.807, 2.05) is 12.1 Å². The minimum Gasteiger partial charge on any atom is -0.491 e. The molecule has 3 rings (SSSR count). The Morgan fingerprint density at radius 2 is 2.12 bits per heavy atom. The lowest BCUT2D eigenvalue weighted by Gasteiger charge is -2.38. The summed E-state index contributed by atoms with van der Waals surface area (Å²) in [6.45, 7) is 7.02. The summed E-state index contributed by atoms with van der Waals surface area (Å²) in [5, 5.41) is 12.5. The maximum Gasteiger partial charge on any atom is 0.119 e. The zero-order chi connectivity index (χ0) is 16.8. The lowest BCUT2D eigenvalue weighted by atomic mass is 9.93. The van der Waals surface area contributed by atoms with E-state index in [0.717, 1.165) is 44.1 Å². The van der Waals surface area contributed by atoms with Gasteiger partial charge in [0.05, 0.1) is 12.7 Å². The molecule has 0 saturated carbocycles. The highest BCUT2D eigenvalue weighted by molar-refractivity contribution is 5.47. The number of nitrogens with one attached hydrogen (secondary N) is 1. The normalized spacial score (nSPS) is 28.0. The molecule has 0 bridgehead atoms. The van der Waals surface area contributed by atoms with Crippen LogP contribution in [-0.4, -0.2) is 61.6 Å². The van der Waals surface area contributed by atoms with Crippen molar-refractivity contribution < 1.29 is 14.6 Å². The number of likely N-dealkylation sites (tertiary alicyclic amines) is 1. The molecule has 1 aromatic rings. The van der Waals surface area contributed by atoms with Gasteiger partial charge in [0.2, 0.25) is 0 Å². The van der Waals surface area contributed by atoms with Crippen molar-refractivity contribution in [1.29, 1.82) is 0 Å². The third-order valence-corrected chi connectivity index (χ3v) is 5.04. The predicted molar refractivity (Wildman–Crippen MR) is 95.6 cm³/mol. The third-order valence-electron chi connectivity index (χ3n) is 5.04. The molecule has 0 radical (unpaired) electrons. The second-order valence-corrected chi connectivity index (χ2v) is 7.01. The zero-order valence-corrected chi connectivity index (χ0v) is 14.6. The molecule has 2 aliphatic heterocycles. The molecule has 5 heteroatoms. The summed E-state index contributed by atoms with van der Waals surface area (Å²) >= 11 is 0. The summed E-state index contributed by atoms with van der Waals surface area (Å²) in [4.78, 5) is 2.56. The molecular weight excluding hydrogens is 304 g/mol. The fourth-order valence-corrected chi connectivity index (χ4v) is 3.71. The maximum absolute atomic E-state index is 8.79. The number of benzene rings is 1. The number of anilines is 1. The van der Waals surface area contributed by atoms with Gasteiger partial charge in [-0.2, -0.15) is 0 Å². The molecule has 2 heterocycles. The number of hydrogen-bond donors (Lipinski definition) is 2. The van der Waals surface area contributed by atoms with Crippen LogP contribution in [-0.2, 0) is 4.74 Å². The van der Waals surface area contributed by atoms with Gasteiger partial charge in [0.15, 0.2) is 0 Å². The number of ether oxygens (including phenoxy) is 2. The van der Waals surface area contributed by atoms with Crippen LogP contribution >= 0.6 is 0 Å². The second-order valence-electron chi connectivity index (χ2n) is 7.01. The van der Waals surface area contributed by atoms with Gasteiger partial charge < -0.3 is 24.8 Å². The topological polar surface area (TPSA) is 54.0 Å². The zero-order valence-electron chi connectivity index (χ0n) is 14.6. The summed E-state index contributed by atoms with van der Waals surface area (Å²) in [6.07, 6.45) is 4.05. The Balaban J connectivity index is 1.45. The van der Waals surface area contributed by atoms with E-state index in [-0.39, 0.29) is 6.61 Å². The van der Waals surface area contributed by atoms with Gasteiger partial charge in [0.25, 0.3) is 0 Å². The average Bonchev–Trinajstić information content (AvgIpc) is 3.10. The fraction of sp³-hybridized carbons (Fsp3) is 0.684. The molecule has 0 amide bonds. The van der Waals surface area contributed by atoms with Crippen LogP contribution in [0.4, 0.5) is 5.69 Å². The van der Waals surface area contributed by atoms with E-state index in [1.54, 1.807) is 0 Å². The van der Waals surface area contributed by atoms with Gasteiger partial charge in [0.1, 0.15) is 12.4 Å². The van der Waals surface area contributed by atoms with Crippen molar-refractivity contribution in [2.45, 2.75) is 38.3 Å². The molecular formula is C19H30N2O3. The monoisotopic (exact) mass is 334 g/mol. The maximum atomic E-state index is 8.79. The summed E-state index contributed by atoms with van der Waals surface area (Å²) in [6, 6.07) is 8.52. The molecule has 2 fully saturated rings. The van der Waals surface area contributed by atoms with Crippen LogP contribution in [0.3, 0.4) is 0 Å². The van der Waals surface area contributed by atoms with Crippen molar-refractivity contribution in [2.24, 2.45) is 5.92 Å². The van der Waals surface area contributed by atoms with E-state index in [1.165, 1.54) is 12.8 Å². The van der Waals surface area contributed by atoms with E-state index in [0.29, 0.717) is 24.7 Å². The summed E-state index contributed by atoms with van der Waals surface area (Å²) in [5.74, 6) is 1.42. The van der Waals surface area contributed by atoms with E-state index >= 15 is 0 Å². The van der Waals surface area contributed by atoms with Crippen LogP contribution in [0.15, 0.2) is 24.3 Å². The molecule has 2 saturated heterocycles. The number of hydrogen-bond acceptors (Lipinski definition) is 5. The average molecular weight is 334 g/mol. The van der Waals surface area contributed by atoms with Crippen molar-refractivity contribution in [3.8, 4) is 5.75 Å². The lowest BCUT2D eigenvalue weighted by Crippen LogP contribution is -2.47. The molecule has 3 unspecified atom stereocenters. The first-order chi connectivity index (χ1) is 11.7. The minimum atomic E-state index is 0.0436. The van der Waals surface area contributed by atoms with Gasteiger partial charge in [-0.15, -0.1) is 0 Å². The van der Waals surface area contributed by atoms with Crippen LogP contribution in [0.1, 0.15) is 26.2 Å². The Hall–Kier alpha value is -1.30. The summed E-state index contributed by atoms with van der Waals surface area (Å²) in [5.41, 5.74) is 1.13. The molecule has 0 aromatic heterocycles. The lowest BCUT2D eigenvalue weighted by molar-refractivity contribution is 0.0563. The van der Waals surface area contributed by atoms with Crippen molar-refractivity contribution in [2.75, 3.05) is 44.8 Å². The number of piperidine rings is 1. The third kappa shape index (κ3) is 4.85. The molecule has 24 heavy (non-hydrogen) atoms. The Morgan fingerprint density at radius 3 is 2.79 bits per heavy atom. The van der Waals surface area contributed by atoms with E-state index in [9.17, 15) is 0 Å². The van der Waals surface area contributed by atoms with Crippen LogP contribution in [0, 0.1) is 5.92 Å². The van der Waals surface area contributed by atoms with E-state index in [4.69, 9.17) is 14.6 Å². The van der Waals surface area contributed by atoms with Gasteiger partial charge in [0, 0.05) is 38.0 Å². The first-order valence-corrected chi connectivity index (χ1v) is 9.19. The predicted octanol–water partition coefficient (Wildman–Crippen LogP) is 2.36. The molecule has 1 aromatic carbocycles. The van der Waals surface area contributed by atoms with Crippen LogP contribution in [0.25, 0.3) is 0 Å². The smallest absolute Gasteiger partial charge is 0.119 e. The first-order valence-electron chi connectivity index (χ1n) is 9.19. The minimum absolute atomic E-state index is 0.0436. The van der Waals surface area contributed by atoms with E-state index < -0.39 is 0 Å². The first kappa shape index (κ1) is 17.5. The van der Waals surface area contributed by atoms with Gasteiger partial charge in [-0.3, -0.25) is 0 Å². The Morgan fingerprint density at radius 1 is 1.29 bits per heavy atom. The SMILES string of the molecule is CC1CN(CC2CCCO2)CCC1Nc1ccc(OCCO)cc1. The number of nitrogens with zero attached hydrogens (tertiary/aromatic N) is 1. The largest absolute Gasteiger partial charge is 0.491 e. The van der Waals surface area contributed by atoms with E-state index in [2.05, 4.69) is 29.3 Å². The molecule has 2 N–H and O–H groups in total. The quantitative estimate of drug-likeness (QED) is 0.802. The van der Waals surface area contributed by atoms with Crippen LogP contribution in [0.2, 0.25) is 0 Å². The molecule has 0 spiro atoms. The fourth-order valence-electron chi connectivity index (χ4n) is 3.71. The highest BCUT2D eigenvalue weighted by Crippen LogP contribution is 2.24. The number of rotatable bonds is 7.